The molecule has 1 aliphatic rings. The minimum Gasteiger partial charge on any atom is -0.477 e. The monoisotopic (exact) mass is 450 g/mol. The summed E-state index contributed by atoms with van der Waals surface area (Å²) in [6, 6.07) is 8.16. The van der Waals surface area contributed by atoms with Crippen LogP contribution in [0.3, 0.4) is 0 Å². The Hall–Kier alpha value is -4.64. The summed E-state index contributed by atoms with van der Waals surface area (Å²) >= 11 is 0. The summed E-state index contributed by atoms with van der Waals surface area (Å²) in [5, 5.41) is 22.2. The second-order valence-corrected chi connectivity index (χ2v) is 7.67. The van der Waals surface area contributed by atoms with Gasteiger partial charge in [-0.25, -0.2) is 9.59 Å². The third kappa shape index (κ3) is 3.77. The number of benzene rings is 1. The molecule has 11 heteroatoms. The second kappa shape index (κ2) is 7.80. The number of carboxylic acids is 2. The van der Waals surface area contributed by atoms with Crippen molar-refractivity contribution in [3.63, 3.8) is 0 Å². The number of nitrogens with zero attached hydrogens (tertiary/aromatic N) is 2. The highest BCUT2D eigenvalue weighted by Crippen LogP contribution is 2.33. The maximum Gasteiger partial charge on any atom is 0.393 e. The second-order valence-electron chi connectivity index (χ2n) is 7.67. The molecule has 0 saturated carbocycles. The van der Waals surface area contributed by atoms with Gasteiger partial charge in [0, 0.05) is 30.2 Å². The Balaban J connectivity index is 1.66. The summed E-state index contributed by atoms with van der Waals surface area (Å²) in [7, 11) is 3.10. The van der Waals surface area contributed by atoms with Crippen molar-refractivity contribution in [1.29, 1.82) is 0 Å². The molecule has 0 aliphatic carbocycles. The first-order chi connectivity index (χ1) is 15.6. The van der Waals surface area contributed by atoms with E-state index in [0.717, 1.165) is 0 Å². The minimum absolute atomic E-state index is 0.0201. The van der Waals surface area contributed by atoms with Gasteiger partial charge in [0.25, 0.3) is 18.0 Å². The van der Waals surface area contributed by atoms with E-state index in [1.165, 1.54) is 23.9 Å². The van der Waals surface area contributed by atoms with Crippen LogP contribution in [0.2, 0.25) is 0 Å². The van der Waals surface area contributed by atoms with Crippen LogP contribution in [0.5, 0.6) is 0 Å². The van der Waals surface area contributed by atoms with Crippen LogP contribution in [0.1, 0.15) is 26.5 Å². The number of hydrogen-bond donors (Lipinski definition) is 5. The van der Waals surface area contributed by atoms with Gasteiger partial charge in [-0.2, -0.15) is 10.0 Å². The molecule has 2 aromatic heterocycles. The van der Waals surface area contributed by atoms with Gasteiger partial charge in [-0.1, -0.05) is 6.07 Å². The maximum atomic E-state index is 12.7. The molecule has 0 bridgehead atoms. The molecular formula is C22H20N5O6+. The number of nitrogens with one attached hydrogen (secondary N) is 3. The lowest BCUT2D eigenvalue weighted by Crippen LogP contribution is -2.49. The van der Waals surface area contributed by atoms with E-state index in [1.54, 1.807) is 43.6 Å². The number of anilines is 1. The van der Waals surface area contributed by atoms with Gasteiger partial charge in [0.1, 0.15) is 24.6 Å². The van der Waals surface area contributed by atoms with Gasteiger partial charge in [0.2, 0.25) is 0 Å². The van der Waals surface area contributed by atoms with Crippen LogP contribution in [-0.2, 0) is 16.6 Å². The lowest BCUT2D eigenvalue weighted by molar-refractivity contribution is -0.850. The Labute approximate surface area is 186 Å². The minimum atomic E-state index is -1.18. The number of rotatable bonds is 7. The van der Waals surface area contributed by atoms with Crippen LogP contribution >= 0.6 is 0 Å². The predicted octanol–water partition coefficient (Wildman–Crippen LogP) is 1.89. The molecular weight excluding hydrogens is 430 g/mol. The van der Waals surface area contributed by atoms with Crippen LogP contribution in [0.25, 0.3) is 16.5 Å². The van der Waals surface area contributed by atoms with Crippen LogP contribution < -0.4 is 10.7 Å². The van der Waals surface area contributed by atoms with Gasteiger partial charge in [0.15, 0.2) is 0 Å². The van der Waals surface area contributed by atoms with Gasteiger partial charge < -0.3 is 25.1 Å². The van der Waals surface area contributed by atoms with Crippen molar-refractivity contribution in [1.82, 2.24) is 15.0 Å². The number of aromatic carboxylic acids is 1. The maximum absolute atomic E-state index is 12.7. The SMILES string of the molecule is Cn1cc(NC(=O)c2cc3cc(C4=C(C(=O)O)[N+](C)(NC=O)C=C4)ccc3[nH]2)cc1C(=O)O. The van der Waals surface area contributed by atoms with Crippen molar-refractivity contribution in [2.24, 2.45) is 7.05 Å². The third-order valence-corrected chi connectivity index (χ3v) is 5.44. The van der Waals surface area contributed by atoms with Crippen molar-refractivity contribution < 1.29 is 34.0 Å². The number of carbonyl (C=O) groups excluding carboxylic acids is 2. The number of quaternary nitrogens is 1. The van der Waals surface area contributed by atoms with E-state index < -0.39 is 17.8 Å². The Morgan fingerprint density at radius 3 is 2.52 bits per heavy atom. The van der Waals surface area contributed by atoms with Gasteiger partial charge in [-0.05, 0) is 29.8 Å². The van der Waals surface area contributed by atoms with Crippen LogP contribution in [0.4, 0.5) is 5.69 Å². The average molecular weight is 450 g/mol. The zero-order valence-corrected chi connectivity index (χ0v) is 17.6. The molecule has 1 atom stereocenters. The first kappa shape index (κ1) is 21.6. The standard InChI is InChI=1S/C22H19N5O6/c1-26-10-14(9-18(26)21(30)31)24-20(29)17-8-13-7-12(3-4-16(13)25-17)15-5-6-27(2,23-11-28)19(15)22(32)33/h3-11H,1-2H3,(H4-,23,24,25,28,29,30,31,32,33)/p+1. The first-order valence-corrected chi connectivity index (χ1v) is 9.72. The number of carboxylic acid groups (broad SMARTS) is 2. The molecule has 0 radical (unpaired) electrons. The fourth-order valence-corrected chi connectivity index (χ4v) is 3.86. The molecule has 2 amide bonds. The van der Waals surface area contributed by atoms with Crippen molar-refractivity contribution >= 4 is 46.4 Å². The van der Waals surface area contributed by atoms with Gasteiger partial charge in [0.05, 0.1) is 11.3 Å². The lowest BCUT2D eigenvalue weighted by Gasteiger charge is -2.24. The van der Waals surface area contributed by atoms with E-state index in [4.69, 9.17) is 5.11 Å². The summed E-state index contributed by atoms with van der Waals surface area (Å²) in [6.45, 7) is 0. The Bertz CT molecular complexity index is 1400. The molecule has 1 aromatic carbocycles. The summed E-state index contributed by atoms with van der Waals surface area (Å²) in [4.78, 5) is 49.7. The molecule has 1 aliphatic heterocycles. The molecule has 3 heterocycles. The topological polar surface area (TPSA) is 154 Å². The number of aliphatic carboxylic acids is 1. The number of aromatic nitrogens is 2. The summed E-state index contributed by atoms with van der Waals surface area (Å²) in [5.74, 6) is -2.74. The number of aromatic amines is 1. The molecule has 0 fully saturated rings. The van der Waals surface area contributed by atoms with Crippen molar-refractivity contribution in [3.05, 3.63) is 71.5 Å². The molecule has 3 aromatic rings. The van der Waals surface area contributed by atoms with E-state index in [1.807, 2.05) is 0 Å². The Morgan fingerprint density at radius 2 is 1.88 bits per heavy atom. The van der Waals surface area contributed by atoms with Gasteiger partial charge >= 0.3 is 11.9 Å². The number of aryl methyl sites for hydroxylation is 1. The van der Waals surface area contributed by atoms with Crippen molar-refractivity contribution in [2.45, 2.75) is 0 Å². The largest absolute Gasteiger partial charge is 0.477 e. The number of hydrogen-bond acceptors (Lipinski definition) is 4. The molecule has 33 heavy (non-hydrogen) atoms. The first-order valence-electron chi connectivity index (χ1n) is 9.72. The summed E-state index contributed by atoms with van der Waals surface area (Å²) in [6.07, 6.45) is 5.11. The molecule has 0 saturated heterocycles. The molecule has 5 N–H and O–H groups in total. The number of likely N-dealkylation sites (N-methyl/N-ethyl adjacent to an activating group) is 1. The lowest BCUT2D eigenvalue weighted by atomic mass is 10.0. The molecule has 0 spiro atoms. The Kier molecular flexibility index (Phi) is 5.10. The van der Waals surface area contributed by atoms with Gasteiger partial charge in [-0.3, -0.25) is 9.59 Å². The number of fused-ring (bicyclic) bond motifs is 1. The number of amides is 2. The van der Waals surface area contributed by atoms with E-state index in [0.29, 0.717) is 34.1 Å². The van der Waals surface area contributed by atoms with Gasteiger partial charge in [-0.15, -0.1) is 0 Å². The number of H-pyrrole nitrogens is 1. The highest BCUT2D eigenvalue weighted by atomic mass is 16.4. The smallest absolute Gasteiger partial charge is 0.393 e. The fraction of sp³-hybridized carbons (Fsp3) is 0.0909. The fourth-order valence-electron chi connectivity index (χ4n) is 3.86. The zero-order valence-electron chi connectivity index (χ0n) is 17.6. The van der Waals surface area contributed by atoms with E-state index in [-0.39, 0.29) is 21.7 Å². The van der Waals surface area contributed by atoms with Crippen LogP contribution in [0.15, 0.2) is 54.5 Å². The Morgan fingerprint density at radius 1 is 1.12 bits per heavy atom. The quantitative estimate of drug-likeness (QED) is 0.274. The number of allylic oxidation sites excluding steroid dienone is 2. The average Bonchev–Trinajstić information content (AvgIpc) is 3.42. The van der Waals surface area contributed by atoms with Crippen LogP contribution in [-0.4, -0.2) is 55.7 Å². The molecule has 4 rings (SSSR count). The van der Waals surface area contributed by atoms with Crippen molar-refractivity contribution in [2.75, 3.05) is 12.4 Å². The highest BCUT2D eigenvalue weighted by Gasteiger charge is 2.39. The number of carbonyl (C=O) groups is 4. The molecule has 1 unspecified atom stereocenters. The van der Waals surface area contributed by atoms with E-state index in [2.05, 4.69) is 15.7 Å². The predicted molar refractivity (Wildman–Crippen MR) is 118 cm³/mol. The highest BCUT2D eigenvalue weighted by molar-refractivity contribution is 6.07. The van der Waals surface area contributed by atoms with E-state index in [9.17, 15) is 24.3 Å². The van der Waals surface area contributed by atoms with Crippen molar-refractivity contribution in [3.8, 4) is 0 Å². The van der Waals surface area contributed by atoms with E-state index >= 15 is 0 Å². The summed E-state index contributed by atoms with van der Waals surface area (Å²) in [5.41, 5.74) is 4.77. The summed E-state index contributed by atoms with van der Waals surface area (Å²) < 4.78 is 1.01. The molecule has 11 nitrogen and oxygen atoms in total. The van der Waals surface area contributed by atoms with Crippen LogP contribution in [0, 0.1) is 0 Å². The zero-order chi connectivity index (χ0) is 23.9. The normalized spacial score (nSPS) is 17.4. The molecule has 168 valence electrons. The third-order valence-electron chi connectivity index (χ3n) is 5.44.